The van der Waals surface area contributed by atoms with E-state index in [2.05, 4.69) is 35.1 Å². The summed E-state index contributed by atoms with van der Waals surface area (Å²) in [4.78, 5) is 0. The quantitative estimate of drug-likeness (QED) is 0.879. The molecule has 3 heteroatoms. The SMILES string of the molecule is CCOc1ccc2c(c1)c1c(n2C)CNCCC1. The molecule has 0 saturated heterocycles. The van der Waals surface area contributed by atoms with E-state index in [1.54, 1.807) is 0 Å². The maximum absolute atomic E-state index is 5.62. The molecule has 1 N–H and O–H groups in total. The van der Waals surface area contributed by atoms with Gasteiger partial charge >= 0.3 is 0 Å². The van der Waals surface area contributed by atoms with Gasteiger partial charge in [0.2, 0.25) is 0 Å². The van der Waals surface area contributed by atoms with Crippen molar-refractivity contribution in [1.82, 2.24) is 9.88 Å². The van der Waals surface area contributed by atoms with Gasteiger partial charge in [0.05, 0.1) is 6.61 Å². The number of aromatic nitrogens is 1. The van der Waals surface area contributed by atoms with E-state index in [-0.39, 0.29) is 0 Å². The van der Waals surface area contributed by atoms with Gasteiger partial charge in [0.25, 0.3) is 0 Å². The highest BCUT2D eigenvalue weighted by Gasteiger charge is 2.17. The maximum Gasteiger partial charge on any atom is 0.120 e. The number of ether oxygens (including phenoxy) is 1. The average Bonchev–Trinajstić information content (AvgIpc) is 2.58. The Labute approximate surface area is 108 Å². The highest BCUT2D eigenvalue weighted by molar-refractivity contribution is 5.87. The minimum atomic E-state index is 0.724. The van der Waals surface area contributed by atoms with Gasteiger partial charge in [0, 0.05) is 30.2 Å². The molecule has 3 rings (SSSR count). The lowest BCUT2D eigenvalue weighted by atomic mass is 10.1. The fraction of sp³-hybridized carbons (Fsp3) is 0.467. The molecule has 96 valence electrons. The van der Waals surface area contributed by atoms with Crippen LogP contribution in [0.15, 0.2) is 18.2 Å². The largest absolute Gasteiger partial charge is 0.494 e. The van der Waals surface area contributed by atoms with Crippen LogP contribution in [0.4, 0.5) is 0 Å². The normalized spacial score (nSPS) is 15.4. The molecule has 2 heterocycles. The van der Waals surface area contributed by atoms with Crippen LogP contribution >= 0.6 is 0 Å². The lowest BCUT2D eigenvalue weighted by Crippen LogP contribution is -2.14. The van der Waals surface area contributed by atoms with Crippen molar-refractivity contribution in [2.75, 3.05) is 13.2 Å². The van der Waals surface area contributed by atoms with E-state index in [0.717, 1.165) is 31.9 Å². The van der Waals surface area contributed by atoms with Gasteiger partial charge in [0.15, 0.2) is 0 Å². The van der Waals surface area contributed by atoms with Gasteiger partial charge in [-0.3, -0.25) is 0 Å². The van der Waals surface area contributed by atoms with Crippen LogP contribution in [-0.4, -0.2) is 17.7 Å². The number of fused-ring (bicyclic) bond motifs is 3. The van der Waals surface area contributed by atoms with Gasteiger partial charge in [-0.15, -0.1) is 0 Å². The van der Waals surface area contributed by atoms with E-state index in [1.807, 2.05) is 6.92 Å². The first-order valence-electron chi connectivity index (χ1n) is 6.75. The van der Waals surface area contributed by atoms with Crippen LogP contribution in [0.3, 0.4) is 0 Å². The van der Waals surface area contributed by atoms with Crippen molar-refractivity contribution in [3.8, 4) is 5.75 Å². The Hall–Kier alpha value is -1.48. The first-order valence-corrected chi connectivity index (χ1v) is 6.75. The molecule has 0 bridgehead atoms. The van der Waals surface area contributed by atoms with Crippen LogP contribution in [-0.2, 0) is 20.0 Å². The van der Waals surface area contributed by atoms with Crippen LogP contribution in [0, 0.1) is 0 Å². The Morgan fingerprint density at radius 1 is 1.39 bits per heavy atom. The molecule has 1 aliphatic rings. The lowest BCUT2D eigenvalue weighted by Gasteiger charge is -2.05. The molecule has 0 unspecified atom stereocenters. The third-order valence-electron chi connectivity index (χ3n) is 3.79. The number of hydrogen-bond acceptors (Lipinski definition) is 2. The van der Waals surface area contributed by atoms with Gasteiger partial charge in [-0.1, -0.05) is 0 Å². The van der Waals surface area contributed by atoms with Gasteiger partial charge < -0.3 is 14.6 Å². The number of nitrogens with one attached hydrogen (secondary N) is 1. The molecule has 0 fully saturated rings. The summed E-state index contributed by atoms with van der Waals surface area (Å²) in [6.45, 7) is 4.84. The fourth-order valence-electron chi connectivity index (χ4n) is 2.91. The standard InChI is InChI=1S/C15H20N2O/c1-3-18-11-6-7-14-13(9-11)12-5-4-8-16-10-15(12)17(14)2/h6-7,9,16H,3-5,8,10H2,1-2H3. The fourth-order valence-corrected chi connectivity index (χ4v) is 2.91. The smallest absolute Gasteiger partial charge is 0.120 e. The van der Waals surface area contributed by atoms with Crippen molar-refractivity contribution in [1.29, 1.82) is 0 Å². The maximum atomic E-state index is 5.62. The van der Waals surface area contributed by atoms with Crippen molar-refractivity contribution in [3.05, 3.63) is 29.5 Å². The Kier molecular flexibility index (Phi) is 3.00. The molecule has 0 atom stereocenters. The van der Waals surface area contributed by atoms with E-state index in [4.69, 9.17) is 4.74 Å². The minimum absolute atomic E-state index is 0.724. The summed E-state index contributed by atoms with van der Waals surface area (Å²) in [7, 11) is 2.16. The van der Waals surface area contributed by atoms with E-state index in [1.165, 1.54) is 28.6 Å². The third kappa shape index (κ3) is 1.79. The van der Waals surface area contributed by atoms with E-state index >= 15 is 0 Å². The number of aryl methyl sites for hydroxylation is 2. The first kappa shape index (κ1) is 11.6. The van der Waals surface area contributed by atoms with E-state index in [9.17, 15) is 0 Å². The molecule has 0 saturated carbocycles. The van der Waals surface area contributed by atoms with E-state index in [0.29, 0.717) is 0 Å². The summed E-state index contributed by atoms with van der Waals surface area (Å²) in [5.41, 5.74) is 4.24. The molecule has 2 aromatic rings. The number of rotatable bonds is 2. The summed E-state index contributed by atoms with van der Waals surface area (Å²) in [6, 6.07) is 6.44. The van der Waals surface area contributed by atoms with Gasteiger partial charge in [-0.25, -0.2) is 0 Å². The summed E-state index contributed by atoms with van der Waals surface area (Å²) in [5.74, 6) is 0.982. The molecule has 1 aromatic carbocycles. The highest BCUT2D eigenvalue weighted by atomic mass is 16.5. The highest BCUT2D eigenvalue weighted by Crippen LogP contribution is 2.30. The molecular weight excluding hydrogens is 224 g/mol. The van der Waals surface area contributed by atoms with Crippen LogP contribution < -0.4 is 10.1 Å². The monoisotopic (exact) mass is 244 g/mol. The zero-order chi connectivity index (χ0) is 12.5. The molecule has 3 nitrogen and oxygen atoms in total. The van der Waals surface area contributed by atoms with Crippen LogP contribution in [0.25, 0.3) is 10.9 Å². The Morgan fingerprint density at radius 3 is 3.11 bits per heavy atom. The third-order valence-corrected chi connectivity index (χ3v) is 3.79. The van der Waals surface area contributed by atoms with Crippen LogP contribution in [0.1, 0.15) is 24.6 Å². The van der Waals surface area contributed by atoms with Crippen molar-refractivity contribution in [2.24, 2.45) is 7.05 Å². The van der Waals surface area contributed by atoms with E-state index < -0.39 is 0 Å². The van der Waals surface area contributed by atoms with Crippen molar-refractivity contribution < 1.29 is 4.74 Å². The minimum Gasteiger partial charge on any atom is -0.494 e. The van der Waals surface area contributed by atoms with Crippen molar-refractivity contribution in [2.45, 2.75) is 26.3 Å². The summed E-state index contributed by atoms with van der Waals surface area (Å²) >= 11 is 0. The number of benzene rings is 1. The van der Waals surface area contributed by atoms with Crippen molar-refractivity contribution in [3.63, 3.8) is 0 Å². The Balaban J connectivity index is 2.18. The molecule has 0 aliphatic carbocycles. The van der Waals surface area contributed by atoms with Crippen LogP contribution in [0.2, 0.25) is 0 Å². The lowest BCUT2D eigenvalue weighted by molar-refractivity contribution is 0.340. The second-order valence-corrected chi connectivity index (χ2v) is 4.88. The molecule has 18 heavy (non-hydrogen) atoms. The first-order chi connectivity index (χ1) is 8.81. The second kappa shape index (κ2) is 4.65. The predicted octanol–water partition coefficient (Wildman–Crippen LogP) is 2.61. The predicted molar refractivity (Wildman–Crippen MR) is 74.1 cm³/mol. The molecule has 0 spiro atoms. The van der Waals surface area contributed by atoms with Crippen LogP contribution in [0.5, 0.6) is 5.75 Å². The zero-order valence-electron chi connectivity index (χ0n) is 11.1. The Morgan fingerprint density at radius 2 is 2.28 bits per heavy atom. The number of hydrogen-bond donors (Lipinski definition) is 1. The topological polar surface area (TPSA) is 26.2 Å². The van der Waals surface area contributed by atoms with Gasteiger partial charge in [0.1, 0.15) is 5.75 Å². The van der Waals surface area contributed by atoms with Gasteiger partial charge in [-0.2, -0.15) is 0 Å². The zero-order valence-corrected chi connectivity index (χ0v) is 11.1. The molecule has 1 aromatic heterocycles. The second-order valence-electron chi connectivity index (χ2n) is 4.88. The molecule has 0 amide bonds. The summed E-state index contributed by atoms with van der Waals surface area (Å²) < 4.78 is 7.94. The summed E-state index contributed by atoms with van der Waals surface area (Å²) in [5, 5.41) is 4.86. The molecular formula is C15H20N2O. The number of nitrogens with zero attached hydrogens (tertiary/aromatic N) is 1. The van der Waals surface area contributed by atoms with Gasteiger partial charge in [-0.05, 0) is 50.1 Å². The van der Waals surface area contributed by atoms with Crippen molar-refractivity contribution >= 4 is 10.9 Å². The molecule has 1 aliphatic heterocycles. The molecule has 0 radical (unpaired) electrons. The summed E-state index contributed by atoms with van der Waals surface area (Å²) in [6.07, 6.45) is 2.38. The average molecular weight is 244 g/mol. The Bertz CT molecular complexity index is 571.